The standard InChI is InChI=1S/C13H18F3N3O/c1-9-8-11(13(14,15)16)18-19(9)7-3-6-17-12(20)10-4-2-5-10/h8,10H,2-7H2,1H3,(H,17,20). The summed E-state index contributed by atoms with van der Waals surface area (Å²) in [6, 6.07) is 1.03. The SMILES string of the molecule is Cc1cc(C(F)(F)F)nn1CCCNC(=O)C1CCC1. The Kier molecular flexibility index (Phi) is 4.35. The molecule has 1 heterocycles. The van der Waals surface area contributed by atoms with E-state index in [1.54, 1.807) is 6.92 Å². The molecule has 1 N–H and O–H groups in total. The van der Waals surface area contributed by atoms with Crippen molar-refractivity contribution in [1.29, 1.82) is 0 Å². The van der Waals surface area contributed by atoms with E-state index in [4.69, 9.17) is 0 Å². The summed E-state index contributed by atoms with van der Waals surface area (Å²) in [7, 11) is 0. The zero-order chi connectivity index (χ0) is 14.8. The summed E-state index contributed by atoms with van der Waals surface area (Å²) in [5.41, 5.74) is -0.392. The third-order valence-electron chi connectivity index (χ3n) is 3.59. The molecule has 1 aromatic heterocycles. The Labute approximate surface area is 115 Å². The van der Waals surface area contributed by atoms with Gasteiger partial charge >= 0.3 is 6.18 Å². The molecule has 0 bridgehead atoms. The first-order valence-corrected chi connectivity index (χ1v) is 6.77. The molecule has 4 nitrogen and oxygen atoms in total. The van der Waals surface area contributed by atoms with Crippen LogP contribution in [-0.4, -0.2) is 22.2 Å². The molecular formula is C13H18F3N3O. The van der Waals surface area contributed by atoms with Gasteiger partial charge in [0.05, 0.1) is 0 Å². The van der Waals surface area contributed by atoms with E-state index in [0.717, 1.165) is 25.3 Å². The number of nitrogens with one attached hydrogen (secondary N) is 1. The number of halogens is 3. The quantitative estimate of drug-likeness (QED) is 0.847. The van der Waals surface area contributed by atoms with Crippen molar-refractivity contribution in [2.45, 2.75) is 45.3 Å². The van der Waals surface area contributed by atoms with Gasteiger partial charge in [0.25, 0.3) is 0 Å². The van der Waals surface area contributed by atoms with E-state index >= 15 is 0 Å². The Morgan fingerprint density at radius 1 is 1.50 bits per heavy atom. The predicted molar refractivity (Wildman–Crippen MR) is 66.9 cm³/mol. The van der Waals surface area contributed by atoms with Gasteiger partial charge in [0, 0.05) is 24.7 Å². The number of nitrogens with zero attached hydrogens (tertiary/aromatic N) is 2. The third kappa shape index (κ3) is 3.52. The number of aryl methyl sites for hydroxylation is 2. The highest BCUT2D eigenvalue weighted by Crippen LogP contribution is 2.28. The maximum atomic E-state index is 12.5. The summed E-state index contributed by atoms with van der Waals surface area (Å²) in [5.74, 6) is 0.197. The molecule has 0 spiro atoms. The van der Waals surface area contributed by atoms with Crippen LogP contribution >= 0.6 is 0 Å². The molecule has 1 aromatic rings. The number of aromatic nitrogens is 2. The van der Waals surface area contributed by atoms with Gasteiger partial charge in [-0.05, 0) is 32.3 Å². The van der Waals surface area contributed by atoms with Crippen LogP contribution in [0.25, 0.3) is 0 Å². The largest absolute Gasteiger partial charge is 0.435 e. The maximum Gasteiger partial charge on any atom is 0.435 e. The van der Waals surface area contributed by atoms with E-state index in [0.29, 0.717) is 25.2 Å². The molecule has 0 unspecified atom stereocenters. The van der Waals surface area contributed by atoms with Crippen molar-refractivity contribution in [3.05, 3.63) is 17.5 Å². The van der Waals surface area contributed by atoms with E-state index in [1.807, 2.05) is 0 Å². The molecule has 112 valence electrons. The average Bonchev–Trinajstić information content (AvgIpc) is 2.64. The first kappa shape index (κ1) is 14.9. The summed E-state index contributed by atoms with van der Waals surface area (Å²) in [4.78, 5) is 11.6. The van der Waals surface area contributed by atoms with Gasteiger partial charge in [-0.25, -0.2) is 0 Å². The Balaban J connectivity index is 1.76. The molecule has 7 heteroatoms. The second-order valence-electron chi connectivity index (χ2n) is 5.16. The van der Waals surface area contributed by atoms with Crippen LogP contribution < -0.4 is 5.32 Å². The van der Waals surface area contributed by atoms with Gasteiger partial charge in [-0.15, -0.1) is 0 Å². The van der Waals surface area contributed by atoms with E-state index in [9.17, 15) is 18.0 Å². The van der Waals surface area contributed by atoms with E-state index in [1.165, 1.54) is 4.68 Å². The molecule has 2 rings (SSSR count). The summed E-state index contributed by atoms with van der Waals surface area (Å²) in [5, 5.41) is 6.35. The molecule has 1 fully saturated rings. The number of carbonyl (C=O) groups excluding carboxylic acids is 1. The fourth-order valence-electron chi connectivity index (χ4n) is 2.13. The smallest absolute Gasteiger partial charge is 0.356 e. The minimum Gasteiger partial charge on any atom is -0.356 e. The fourth-order valence-corrected chi connectivity index (χ4v) is 2.13. The molecule has 1 amide bonds. The molecule has 20 heavy (non-hydrogen) atoms. The van der Waals surface area contributed by atoms with Crippen molar-refractivity contribution in [3.63, 3.8) is 0 Å². The van der Waals surface area contributed by atoms with Gasteiger partial charge in [0.1, 0.15) is 0 Å². The third-order valence-corrected chi connectivity index (χ3v) is 3.59. The average molecular weight is 289 g/mol. The monoisotopic (exact) mass is 289 g/mol. The molecular weight excluding hydrogens is 271 g/mol. The van der Waals surface area contributed by atoms with Gasteiger partial charge in [-0.3, -0.25) is 9.48 Å². The van der Waals surface area contributed by atoms with Gasteiger partial charge in [-0.1, -0.05) is 6.42 Å². The Bertz CT molecular complexity index is 478. The molecule has 1 aliphatic carbocycles. The highest BCUT2D eigenvalue weighted by atomic mass is 19.4. The van der Waals surface area contributed by atoms with Crippen LogP contribution in [0.2, 0.25) is 0 Å². The van der Waals surface area contributed by atoms with E-state index < -0.39 is 11.9 Å². The molecule has 0 aromatic carbocycles. The van der Waals surface area contributed by atoms with Crippen molar-refractivity contribution >= 4 is 5.91 Å². The van der Waals surface area contributed by atoms with Crippen molar-refractivity contribution in [1.82, 2.24) is 15.1 Å². The lowest BCUT2D eigenvalue weighted by Gasteiger charge is -2.24. The lowest BCUT2D eigenvalue weighted by molar-refractivity contribution is -0.141. The second-order valence-corrected chi connectivity index (χ2v) is 5.16. The number of carbonyl (C=O) groups is 1. The lowest BCUT2D eigenvalue weighted by Crippen LogP contribution is -2.35. The van der Waals surface area contributed by atoms with Crippen LogP contribution in [0.4, 0.5) is 13.2 Å². The number of amides is 1. The summed E-state index contributed by atoms with van der Waals surface area (Å²) in [6.07, 6.45) is -0.852. The van der Waals surface area contributed by atoms with Crippen molar-refractivity contribution in [2.75, 3.05) is 6.54 Å². The number of alkyl halides is 3. The van der Waals surface area contributed by atoms with E-state index in [-0.39, 0.29) is 11.8 Å². The number of hydrogen-bond donors (Lipinski definition) is 1. The molecule has 0 radical (unpaired) electrons. The number of hydrogen-bond acceptors (Lipinski definition) is 2. The van der Waals surface area contributed by atoms with Gasteiger partial charge in [-0.2, -0.15) is 18.3 Å². The van der Waals surface area contributed by atoms with E-state index in [2.05, 4.69) is 10.4 Å². The lowest BCUT2D eigenvalue weighted by atomic mass is 9.85. The molecule has 0 saturated heterocycles. The van der Waals surface area contributed by atoms with Crippen LogP contribution in [0.15, 0.2) is 6.07 Å². The van der Waals surface area contributed by atoms with Crippen LogP contribution in [-0.2, 0) is 17.5 Å². The Hall–Kier alpha value is -1.53. The molecule has 0 atom stereocenters. The summed E-state index contributed by atoms with van der Waals surface area (Å²) < 4.78 is 38.8. The summed E-state index contributed by atoms with van der Waals surface area (Å²) in [6.45, 7) is 2.43. The highest BCUT2D eigenvalue weighted by Gasteiger charge is 2.34. The molecule has 1 aliphatic rings. The normalized spacial score (nSPS) is 16.0. The van der Waals surface area contributed by atoms with Crippen molar-refractivity contribution in [2.24, 2.45) is 5.92 Å². The van der Waals surface area contributed by atoms with Crippen LogP contribution in [0.5, 0.6) is 0 Å². The zero-order valence-corrected chi connectivity index (χ0v) is 11.3. The maximum absolute atomic E-state index is 12.5. The topological polar surface area (TPSA) is 46.9 Å². The van der Waals surface area contributed by atoms with Gasteiger partial charge < -0.3 is 5.32 Å². The highest BCUT2D eigenvalue weighted by molar-refractivity contribution is 5.79. The fraction of sp³-hybridized carbons (Fsp3) is 0.692. The molecule has 0 aliphatic heterocycles. The predicted octanol–water partition coefficient (Wildman–Crippen LogP) is 2.52. The van der Waals surface area contributed by atoms with Crippen molar-refractivity contribution < 1.29 is 18.0 Å². The minimum absolute atomic E-state index is 0.0596. The van der Waals surface area contributed by atoms with Gasteiger partial charge in [0.2, 0.25) is 5.91 Å². The first-order chi connectivity index (χ1) is 9.38. The first-order valence-electron chi connectivity index (χ1n) is 6.77. The van der Waals surface area contributed by atoms with Crippen molar-refractivity contribution in [3.8, 4) is 0 Å². The van der Waals surface area contributed by atoms with Crippen LogP contribution in [0.1, 0.15) is 37.1 Å². The Morgan fingerprint density at radius 3 is 2.70 bits per heavy atom. The summed E-state index contributed by atoms with van der Waals surface area (Å²) >= 11 is 0. The minimum atomic E-state index is -4.41. The second kappa shape index (κ2) is 5.85. The number of rotatable bonds is 5. The van der Waals surface area contributed by atoms with Crippen LogP contribution in [0.3, 0.4) is 0 Å². The van der Waals surface area contributed by atoms with Gasteiger partial charge in [0.15, 0.2) is 5.69 Å². The Morgan fingerprint density at radius 2 is 2.20 bits per heavy atom. The molecule has 1 saturated carbocycles. The zero-order valence-electron chi connectivity index (χ0n) is 11.3. The van der Waals surface area contributed by atoms with Crippen LogP contribution in [0, 0.1) is 12.8 Å².